The Morgan fingerprint density at radius 2 is 1.95 bits per heavy atom. The first-order chi connectivity index (χ1) is 9.25. The van der Waals surface area contributed by atoms with Gasteiger partial charge in [0.2, 0.25) is 0 Å². The van der Waals surface area contributed by atoms with Gasteiger partial charge in [-0.2, -0.15) is 0 Å². The van der Waals surface area contributed by atoms with Crippen molar-refractivity contribution >= 4 is 11.7 Å². The van der Waals surface area contributed by atoms with Crippen LogP contribution in [0.2, 0.25) is 0 Å². The summed E-state index contributed by atoms with van der Waals surface area (Å²) in [6, 6.07) is 11.6. The molecule has 2 heterocycles. The van der Waals surface area contributed by atoms with Crippen LogP contribution in [0.1, 0.15) is 17.0 Å². The van der Waals surface area contributed by atoms with Gasteiger partial charge in [0.15, 0.2) is 0 Å². The molecule has 0 saturated carbocycles. The van der Waals surface area contributed by atoms with Crippen LogP contribution < -0.4 is 4.90 Å². The van der Waals surface area contributed by atoms with E-state index in [1.807, 2.05) is 36.4 Å². The minimum atomic E-state index is -0.772. The molecule has 1 aromatic heterocycles. The number of nitrogens with zero attached hydrogens (tertiary/aromatic N) is 2. The number of hydrogen-bond donors (Lipinski definition) is 1. The van der Waals surface area contributed by atoms with Crippen molar-refractivity contribution in [3.8, 4) is 0 Å². The van der Waals surface area contributed by atoms with E-state index in [0.29, 0.717) is 6.54 Å². The fraction of sp³-hybridized carbons (Fsp3) is 0.200. The number of anilines is 1. The molecular weight excluding hydrogens is 240 g/mol. The van der Waals surface area contributed by atoms with Crippen molar-refractivity contribution in [2.45, 2.75) is 12.5 Å². The number of pyridine rings is 1. The van der Waals surface area contributed by atoms with Crippen LogP contribution in [0.3, 0.4) is 0 Å². The number of aromatic nitrogens is 1. The van der Waals surface area contributed by atoms with Crippen LogP contribution >= 0.6 is 0 Å². The van der Waals surface area contributed by atoms with Gasteiger partial charge in [-0.1, -0.05) is 24.3 Å². The highest BCUT2D eigenvalue weighted by Gasteiger charge is 2.30. The third-order valence-corrected chi connectivity index (χ3v) is 3.52. The maximum Gasteiger partial charge on any atom is 0.312 e. The van der Waals surface area contributed by atoms with Gasteiger partial charge in [-0.05, 0) is 23.3 Å². The number of benzene rings is 1. The largest absolute Gasteiger partial charge is 0.481 e. The van der Waals surface area contributed by atoms with Gasteiger partial charge in [0.25, 0.3) is 0 Å². The number of carboxylic acid groups (broad SMARTS) is 1. The van der Waals surface area contributed by atoms with Crippen molar-refractivity contribution in [1.82, 2.24) is 4.98 Å². The summed E-state index contributed by atoms with van der Waals surface area (Å²) in [6.45, 7) is 1.24. The van der Waals surface area contributed by atoms with Gasteiger partial charge in [0.05, 0.1) is 5.92 Å². The summed E-state index contributed by atoms with van der Waals surface area (Å²) in [5.41, 5.74) is 3.02. The second-order valence-corrected chi connectivity index (χ2v) is 4.68. The lowest BCUT2D eigenvalue weighted by Crippen LogP contribution is -2.36. The lowest BCUT2D eigenvalue weighted by molar-refractivity contribution is -0.138. The molecule has 3 rings (SSSR count). The molecule has 1 atom stereocenters. The van der Waals surface area contributed by atoms with E-state index in [2.05, 4.69) is 9.88 Å². The molecule has 0 aliphatic carbocycles. The summed E-state index contributed by atoms with van der Waals surface area (Å²) < 4.78 is 0. The second-order valence-electron chi connectivity index (χ2n) is 4.68. The topological polar surface area (TPSA) is 53.4 Å². The first-order valence-corrected chi connectivity index (χ1v) is 6.21. The van der Waals surface area contributed by atoms with Crippen LogP contribution in [-0.2, 0) is 11.3 Å². The summed E-state index contributed by atoms with van der Waals surface area (Å²) in [6.07, 6.45) is 3.46. The standard InChI is InChI=1S/C15H14N2O2/c18-15(19)14-10-17(12-5-7-16-8-6-12)9-11-3-1-2-4-13(11)14/h1-8,14H,9-10H2,(H,18,19). The summed E-state index contributed by atoms with van der Waals surface area (Å²) in [5, 5.41) is 9.41. The van der Waals surface area contributed by atoms with E-state index in [0.717, 1.165) is 23.4 Å². The highest BCUT2D eigenvalue weighted by atomic mass is 16.4. The third-order valence-electron chi connectivity index (χ3n) is 3.52. The molecule has 4 nitrogen and oxygen atoms in total. The maximum atomic E-state index is 11.5. The van der Waals surface area contributed by atoms with E-state index in [9.17, 15) is 9.90 Å². The molecule has 4 heteroatoms. The van der Waals surface area contributed by atoms with E-state index in [1.54, 1.807) is 12.4 Å². The lowest BCUT2D eigenvalue weighted by atomic mass is 9.89. The normalized spacial score (nSPS) is 17.9. The van der Waals surface area contributed by atoms with Gasteiger partial charge >= 0.3 is 5.97 Å². The second kappa shape index (κ2) is 4.72. The molecule has 1 aromatic carbocycles. The predicted octanol–water partition coefficient (Wildman–Crippen LogP) is 2.27. The van der Waals surface area contributed by atoms with Gasteiger partial charge < -0.3 is 10.0 Å². The Morgan fingerprint density at radius 1 is 1.21 bits per heavy atom. The van der Waals surface area contributed by atoms with Gasteiger partial charge in [-0.25, -0.2) is 0 Å². The highest BCUT2D eigenvalue weighted by molar-refractivity contribution is 5.78. The zero-order valence-corrected chi connectivity index (χ0v) is 10.4. The summed E-state index contributed by atoms with van der Waals surface area (Å²) in [4.78, 5) is 17.5. The molecule has 1 unspecified atom stereocenters. The number of aliphatic carboxylic acids is 1. The minimum absolute atomic E-state index is 0.474. The first-order valence-electron chi connectivity index (χ1n) is 6.21. The molecule has 0 saturated heterocycles. The SMILES string of the molecule is O=C(O)C1CN(c2ccncc2)Cc2ccccc21. The molecule has 0 spiro atoms. The highest BCUT2D eigenvalue weighted by Crippen LogP contribution is 2.31. The molecule has 96 valence electrons. The van der Waals surface area contributed by atoms with Crippen LogP contribution in [0.25, 0.3) is 0 Å². The van der Waals surface area contributed by atoms with Gasteiger partial charge in [-0.15, -0.1) is 0 Å². The average Bonchev–Trinajstić information content (AvgIpc) is 2.47. The molecule has 19 heavy (non-hydrogen) atoms. The zero-order valence-electron chi connectivity index (χ0n) is 10.4. The Morgan fingerprint density at radius 3 is 2.68 bits per heavy atom. The molecular formula is C15H14N2O2. The minimum Gasteiger partial charge on any atom is -0.481 e. The number of hydrogen-bond acceptors (Lipinski definition) is 3. The van der Waals surface area contributed by atoms with Crippen LogP contribution in [0.15, 0.2) is 48.8 Å². The molecule has 2 aromatic rings. The molecule has 1 N–H and O–H groups in total. The average molecular weight is 254 g/mol. The van der Waals surface area contributed by atoms with Crippen molar-refractivity contribution in [1.29, 1.82) is 0 Å². The van der Waals surface area contributed by atoms with Crippen LogP contribution in [-0.4, -0.2) is 22.6 Å². The van der Waals surface area contributed by atoms with E-state index in [-0.39, 0.29) is 0 Å². The van der Waals surface area contributed by atoms with Crippen LogP contribution in [0.4, 0.5) is 5.69 Å². The summed E-state index contributed by atoms with van der Waals surface area (Å²) >= 11 is 0. The number of carbonyl (C=O) groups is 1. The molecule has 1 aliphatic heterocycles. The van der Waals surface area contributed by atoms with E-state index in [1.165, 1.54) is 0 Å². The van der Waals surface area contributed by atoms with Crippen molar-refractivity contribution in [2.75, 3.05) is 11.4 Å². The Bertz CT molecular complexity index is 598. The molecule has 0 bridgehead atoms. The fourth-order valence-electron chi connectivity index (χ4n) is 2.57. The summed E-state index contributed by atoms with van der Waals surface area (Å²) in [5.74, 6) is -1.25. The number of fused-ring (bicyclic) bond motifs is 1. The lowest BCUT2D eigenvalue weighted by Gasteiger charge is -2.34. The van der Waals surface area contributed by atoms with Crippen molar-refractivity contribution in [3.05, 3.63) is 59.9 Å². The van der Waals surface area contributed by atoms with Crippen molar-refractivity contribution < 1.29 is 9.90 Å². The zero-order chi connectivity index (χ0) is 13.2. The smallest absolute Gasteiger partial charge is 0.312 e. The molecule has 1 aliphatic rings. The quantitative estimate of drug-likeness (QED) is 0.893. The van der Waals surface area contributed by atoms with Gasteiger partial charge in [0.1, 0.15) is 0 Å². The Kier molecular flexibility index (Phi) is 2.91. The monoisotopic (exact) mass is 254 g/mol. The molecule has 0 radical (unpaired) electrons. The van der Waals surface area contributed by atoms with E-state index < -0.39 is 11.9 Å². The number of carboxylic acids is 1. The maximum absolute atomic E-state index is 11.5. The fourth-order valence-corrected chi connectivity index (χ4v) is 2.57. The third kappa shape index (κ3) is 2.17. The van der Waals surface area contributed by atoms with E-state index in [4.69, 9.17) is 0 Å². The van der Waals surface area contributed by atoms with E-state index >= 15 is 0 Å². The number of rotatable bonds is 2. The van der Waals surface area contributed by atoms with Crippen molar-refractivity contribution in [3.63, 3.8) is 0 Å². The Balaban J connectivity index is 1.99. The Hall–Kier alpha value is -2.36. The van der Waals surface area contributed by atoms with Crippen LogP contribution in [0, 0.1) is 0 Å². The molecule has 0 amide bonds. The van der Waals surface area contributed by atoms with Gasteiger partial charge in [0, 0.05) is 31.2 Å². The van der Waals surface area contributed by atoms with Gasteiger partial charge in [-0.3, -0.25) is 9.78 Å². The Labute approximate surface area is 111 Å². The molecule has 0 fully saturated rings. The first kappa shape index (κ1) is 11.7. The van der Waals surface area contributed by atoms with Crippen molar-refractivity contribution in [2.24, 2.45) is 0 Å². The predicted molar refractivity (Wildman–Crippen MR) is 72.1 cm³/mol. The summed E-state index contributed by atoms with van der Waals surface area (Å²) in [7, 11) is 0. The van der Waals surface area contributed by atoms with Crippen LogP contribution in [0.5, 0.6) is 0 Å².